The van der Waals surface area contributed by atoms with Gasteiger partial charge in [-0.25, -0.2) is 0 Å². The van der Waals surface area contributed by atoms with Crippen LogP contribution in [-0.2, 0) is 0 Å². The molecule has 5 rings (SSSR count). The van der Waals surface area contributed by atoms with Crippen LogP contribution >= 0.6 is 0 Å². The monoisotopic (exact) mass is 484 g/mol. The number of aromatic hydroxyl groups is 1. The molecule has 0 bridgehead atoms. The molecule has 0 aromatic heterocycles. The molecule has 3 nitrogen and oxygen atoms in total. The topological polar surface area (TPSA) is 26.7 Å². The zero-order valence-corrected chi connectivity index (χ0v) is 21.8. The van der Waals surface area contributed by atoms with Gasteiger partial charge in [0.15, 0.2) is 0 Å². The Labute approximate surface area is 219 Å². The van der Waals surface area contributed by atoms with Crippen LogP contribution in [0.5, 0.6) is 5.75 Å². The maximum Gasteiger partial charge on any atom is 0.119 e. The van der Waals surface area contributed by atoms with Crippen molar-refractivity contribution in [2.75, 3.05) is 9.80 Å². The average molecular weight is 485 g/mol. The highest BCUT2D eigenvalue weighted by molar-refractivity contribution is 5.84. The quantitative estimate of drug-likeness (QED) is 0.260. The van der Waals surface area contributed by atoms with Gasteiger partial charge < -0.3 is 14.9 Å². The minimum atomic E-state index is 0.209. The predicted molar refractivity (Wildman–Crippen MR) is 156 cm³/mol. The Kier molecular flexibility index (Phi) is 6.70. The molecule has 0 saturated heterocycles. The van der Waals surface area contributed by atoms with E-state index in [1.165, 1.54) is 22.3 Å². The van der Waals surface area contributed by atoms with Crippen molar-refractivity contribution in [2.24, 2.45) is 0 Å². The molecule has 0 fully saturated rings. The first-order chi connectivity index (χ1) is 17.9. The third-order valence-corrected chi connectivity index (χ3v) is 6.57. The zero-order valence-electron chi connectivity index (χ0n) is 21.8. The molecule has 0 atom stereocenters. The first-order valence-corrected chi connectivity index (χ1v) is 12.6. The summed E-state index contributed by atoms with van der Waals surface area (Å²) in [5.41, 5.74) is 10.7. The van der Waals surface area contributed by atoms with Crippen molar-refractivity contribution in [1.82, 2.24) is 0 Å². The Morgan fingerprint density at radius 1 is 0.351 bits per heavy atom. The molecule has 0 spiro atoms. The van der Waals surface area contributed by atoms with Crippen LogP contribution in [0.1, 0.15) is 22.3 Å². The number of hydrogen-bond donors (Lipinski definition) is 1. The van der Waals surface area contributed by atoms with Crippen LogP contribution in [-0.4, -0.2) is 5.11 Å². The lowest BCUT2D eigenvalue weighted by atomic mass is 10.1. The lowest BCUT2D eigenvalue weighted by Crippen LogP contribution is -2.13. The highest BCUT2D eigenvalue weighted by atomic mass is 16.3. The standard InChI is InChI=1S/C34H32N2O/c1-24-5-13-28(14-6-24)35(29-15-7-25(2)8-16-29)32-21-33(23-34(37)22-32)36(30-17-9-26(3)10-18-30)31-19-11-27(4)12-20-31/h5-23,37H,1-4H3. The smallest absolute Gasteiger partial charge is 0.119 e. The summed E-state index contributed by atoms with van der Waals surface area (Å²) in [5, 5.41) is 11.0. The number of phenols is 1. The summed E-state index contributed by atoms with van der Waals surface area (Å²) >= 11 is 0. The number of aryl methyl sites for hydroxylation is 4. The Morgan fingerprint density at radius 2 is 0.595 bits per heavy atom. The van der Waals surface area contributed by atoms with Gasteiger partial charge in [0.2, 0.25) is 0 Å². The van der Waals surface area contributed by atoms with E-state index in [9.17, 15) is 5.11 Å². The molecule has 5 aromatic rings. The zero-order chi connectivity index (χ0) is 25.9. The largest absolute Gasteiger partial charge is 0.508 e. The van der Waals surface area contributed by atoms with Crippen molar-refractivity contribution in [1.29, 1.82) is 0 Å². The molecular weight excluding hydrogens is 452 g/mol. The third-order valence-electron chi connectivity index (χ3n) is 6.57. The second kappa shape index (κ2) is 10.2. The van der Waals surface area contributed by atoms with E-state index in [1.807, 2.05) is 12.1 Å². The Morgan fingerprint density at radius 3 is 0.838 bits per heavy atom. The molecule has 0 amide bonds. The van der Waals surface area contributed by atoms with Gasteiger partial charge in [-0.15, -0.1) is 0 Å². The molecule has 0 heterocycles. The summed E-state index contributed by atoms with van der Waals surface area (Å²) < 4.78 is 0. The van der Waals surface area contributed by atoms with E-state index in [0.29, 0.717) is 0 Å². The molecule has 0 unspecified atom stereocenters. The second-order valence-electron chi connectivity index (χ2n) is 9.72. The molecular formula is C34H32N2O. The van der Waals surface area contributed by atoms with Crippen LogP contribution in [0, 0.1) is 27.7 Å². The van der Waals surface area contributed by atoms with Crippen LogP contribution < -0.4 is 9.80 Å². The third kappa shape index (κ3) is 5.36. The van der Waals surface area contributed by atoms with Gasteiger partial charge >= 0.3 is 0 Å². The molecule has 0 aliphatic carbocycles. The van der Waals surface area contributed by atoms with Gasteiger partial charge in [0, 0.05) is 34.9 Å². The Bertz CT molecular complexity index is 1280. The SMILES string of the molecule is Cc1ccc(N(c2ccc(C)cc2)c2cc(O)cc(N(c3ccc(C)cc3)c3ccc(C)cc3)c2)cc1. The van der Waals surface area contributed by atoms with E-state index in [1.54, 1.807) is 0 Å². The van der Waals surface area contributed by atoms with Crippen molar-refractivity contribution >= 4 is 34.1 Å². The van der Waals surface area contributed by atoms with Gasteiger partial charge in [-0.1, -0.05) is 70.8 Å². The molecule has 3 heteroatoms. The minimum Gasteiger partial charge on any atom is -0.508 e. The fourth-order valence-electron chi connectivity index (χ4n) is 4.51. The van der Waals surface area contributed by atoms with Gasteiger partial charge in [-0.3, -0.25) is 0 Å². The lowest BCUT2D eigenvalue weighted by Gasteiger charge is -2.30. The molecule has 0 aliphatic rings. The summed E-state index contributed by atoms with van der Waals surface area (Å²) in [5.74, 6) is 0.209. The predicted octanol–water partition coefficient (Wildman–Crippen LogP) is 9.57. The normalized spacial score (nSPS) is 10.8. The van der Waals surface area contributed by atoms with Crippen LogP contribution in [0.3, 0.4) is 0 Å². The fraction of sp³-hybridized carbons (Fsp3) is 0.118. The van der Waals surface area contributed by atoms with Crippen molar-refractivity contribution < 1.29 is 5.11 Å². The minimum absolute atomic E-state index is 0.209. The van der Waals surface area contributed by atoms with Crippen molar-refractivity contribution in [2.45, 2.75) is 27.7 Å². The van der Waals surface area contributed by atoms with Crippen molar-refractivity contribution in [3.8, 4) is 5.75 Å². The van der Waals surface area contributed by atoms with Gasteiger partial charge in [-0.05, 0) is 82.3 Å². The van der Waals surface area contributed by atoms with Crippen molar-refractivity contribution in [3.63, 3.8) is 0 Å². The lowest BCUT2D eigenvalue weighted by molar-refractivity contribution is 0.475. The van der Waals surface area contributed by atoms with E-state index in [4.69, 9.17) is 0 Å². The summed E-state index contributed by atoms with van der Waals surface area (Å²) in [6.07, 6.45) is 0. The summed E-state index contributed by atoms with van der Waals surface area (Å²) in [4.78, 5) is 4.37. The van der Waals surface area contributed by atoms with Crippen LogP contribution in [0.2, 0.25) is 0 Å². The molecule has 5 aromatic carbocycles. The maximum absolute atomic E-state index is 11.0. The van der Waals surface area contributed by atoms with Crippen LogP contribution in [0.4, 0.5) is 34.1 Å². The number of hydrogen-bond acceptors (Lipinski definition) is 3. The summed E-state index contributed by atoms with van der Waals surface area (Å²) in [7, 11) is 0. The molecule has 184 valence electrons. The van der Waals surface area contributed by atoms with Gasteiger partial charge in [0.25, 0.3) is 0 Å². The van der Waals surface area contributed by atoms with E-state index in [0.717, 1.165) is 34.1 Å². The van der Waals surface area contributed by atoms with Gasteiger partial charge in [0.05, 0.1) is 11.4 Å². The number of benzene rings is 5. The van der Waals surface area contributed by atoms with E-state index in [2.05, 4.69) is 141 Å². The highest BCUT2D eigenvalue weighted by Crippen LogP contribution is 2.42. The van der Waals surface area contributed by atoms with Gasteiger partial charge in [-0.2, -0.15) is 0 Å². The number of anilines is 6. The molecule has 0 radical (unpaired) electrons. The fourth-order valence-corrected chi connectivity index (χ4v) is 4.51. The van der Waals surface area contributed by atoms with E-state index >= 15 is 0 Å². The van der Waals surface area contributed by atoms with Crippen molar-refractivity contribution in [3.05, 3.63) is 138 Å². The van der Waals surface area contributed by atoms with Crippen LogP contribution in [0.15, 0.2) is 115 Å². The van der Waals surface area contributed by atoms with Crippen LogP contribution in [0.25, 0.3) is 0 Å². The Hall–Kier alpha value is -4.50. The Balaban J connectivity index is 1.69. The maximum atomic E-state index is 11.0. The number of rotatable bonds is 6. The van der Waals surface area contributed by atoms with E-state index < -0.39 is 0 Å². The summed E-state index contributed by atoms with van der Waals surface area (Å²) in [6, 6.07) is 39.7. The van der Waals surface area contributed by atoms with Gasteiger partial charge in [0.1, 0.15) is 5.75 Å². The number of phenolic OH excluding ortho intramolecular Hbond substituents is 1. The first-order valence-electron chi connectivity index (χ1n) is 12.6. The molecule has 0 saturated carbocycles. The molecule has 37 heavy (non-hydrogen) atoms. The first kappa shape index (κ1) is 24.2. The molecule has 1 N–H and O–H groups in total. The summed E-state index contributed by atoms with van der Waals surface area (Å²) in [6.45, 7) is 8.36. The second-order valence-corrected chi connectivity index (χ2v) is 9.72. The molecule has 0 aliphatic heterocycles. The number of nitrogens with zero attached hydrogens (tertiary/aromatic N) is 2. The highest BCUT2D eigenvalue weighted by Gasteiger charge is 2.18. The van der Waals surface area contributed by atoms with E-state index in [-0.39, 0.29) is 5.75 Å². The average Bonchev–Trinajstić information content (AvgIpc) is 2.89.